The molecule has 3 rings (SSSR count). The van der Waals surface area contributed by atoms with Crippen molar-refractivity contribution in [3.63, 3.8) is 0 Å². The van der Waals surface area contributed by atoms with E-state index in [1.165, 1.54) is 24.8 Å². The van der Waals surface area contributed by atoms with E-state index in [2.05, 4.69) is 15.3 Å². The summed E-state index contributed by atoms with van der Waals surface area (Å²) in [6.07, 6.45) is 3.24. The Morgan fingerprint density at radius 1 is 1.52 bits per heavy atom. The van der Waals surface area contributed by atoms with Crippen LogP contribution in [0.4, 0.5) is 5.82 Å². The van der Waals surface area contributed by atoms with E-state index in [9.17, 15) is 14.7 Å². The van der Waals surface area contributed by atoms with Gasteiger partial charge in [-0.25, -0.2) is 14.8 Å². The Kier molecular flexibility index (Phi) is 5.44. The van der Waals surface area contributed by atoms with Gasteiger partial charge in [0.05, 0.1) is 5.39 Å². The first-order valence-corrected chi connectivity index (χ1v) is 8.96. The predicted molar refractivity (Wildman–Crippen MR) is 93.8 cm³/mol. The summed E-state index contributed by atoms with van der Waals surface area (Å²) in [6.45, 7) is 0.975. The second-order valence-corrected chi connectivity index (χ2v) is 6.76. The Morgan fingerprint density at radius 3 is 3.12 bits per heavy atom. The Labute approximate surface area is 148 Å². The fraction of sp³-hybridized carbons (Fsp3) is 0.500. The molecule has 2 unspecified atom stereocenters. The lowest BCUT2D eigenvalue weighted by atomic mass is 10.1. The van der Waals surface area contributed by atoms with Gasteiger partial charge >= 0.3 is 5.97 Å². The summed E-state index contributed by atoms with van der Waals surface area (Å²) in [5.41, 5.74) is 0. The van der Waals surface area contributed by atoms with Crippen LogP contribution in [0.25, 0.3) is 10.2 Å². The third-order valence-corrected chi connectivity index (χ3v) is 5.11. The second kappa shape index (κ2) is 7.75. The molecule has 1 fully saturated rings. The zero-order chi connectivity index (χ0) is 17.8. The zero-order valence-corrected chi connectivity index (χ0v) is 14.7. The van der Waals surface area contributed by atoms with E-state index in [-0.39, 0.29) is 18.9 Å². The minimum Gasteiger partial charge on any atom is -0.480 e. The number of aromatic nitrogens is 2. The van der Waals surface area contributed by atoms with E-state index >= 15 is 0 Å². The summed E-state index contributed by atoms with van der Waals surface area (Å²) in [7, 11) is 1.50. The smallest absolute Gasteiger partial charge is 0.326 e. The molecule has 1 aliphatic heterocycles. The van der Waals surface area contributed by atoms with E-state index in [4.69, 9.17) is 4.74 Å². The van der Waals surface area contributed by atoms with Crippen LogP contribution >= 0.6 is 11.3 Å². The van der Waals surface area contributed by atoms with Crippen LogP contribution in [0, 0.1) is 0 Å². The third-order valence-electron chi connectivity index (χ3n) is 4.29. The van der Waals surface area contributed by atoms with Gasteiger partial charge in [-0.1, -0.05) is 0 Å². The lowest BCUT2D eigenvalue weighted by Gasteiger charge is -2.26. The molecule has 0 aromatic carbocycles. The van der Waals surface area contributed by atoms with Crippen LogP contribution in [0.1, 0.15) is 19.3 Å². The first kappa shape index (κ1) is 17.6. The Morgan fingerprint density at radius 2 is 2.36 bits per heavy atom. The molecule has 0 bridgehead atoms. The summed E-state index contributed by atoms with van der Waals surface area (Å²) in [5, 5.41) is 14.8. The molecule has 1 saturated heterocycles. The monoisotopic (exact) mass is 364 g/mol. The summed E-state index contributed by atoms with van der Waals surface area (Å²) in [6, 6.07) is 0.560. The molecular weight excluding hydrogens is 344 g/mol. The topological polar surface area (TPSA) is 105 Å². The number of hydrogen-bond donors (Lipinski definition) is 2. The van der Waals surface area contributed by atoms with E-state index in [0.29, 0.717) is 13.0 Å². The minimum atomic E-state index is -1.06. The number of ether oxygens (including phenoxy) is 1. The van der Waals surface area contributed by atoms with E-state index < -0.39 is 18.1 Å². The van der Waals surface area contributed by atoms with Gasteiger partial charge in [-0.2, -0.15) is 0 Å². The number of hydrogen-bond acceptors (Lipinski definition) is 7. The molecule has 0 saturated carbocycles. The maximum absolute atomic E-state index is 12.7. The molecule has 0 radical (unpaired) electrons. The van der Waals surface area contributed by atoms with Crippen molar-refractivity contribution < 1.29 is 19.4 Å². The van der Waals surface area contributed by atoms with Crippen LogP contribution in [0.5, 0.6) is 0 Å². The van der Waals surface area contributed by atoms with E-state index in [1.54, 1.807) is 0 Å². The van der Waals surface area contributed by atoms with Gasteiger partial charge in [0, 0.05) is 26.7 Å². The molecular formula is C16H20N4O4S. The molecule has 9 heteroatoms. The number of carboxylic acids is 1. The van der Waals surface area contributed by atoms with Crippen LogP contribution < -0.4 is 10.2 Å². The highest BCUT2D eigenvalue weighted by molar-refractivity contribution is 7.16. The maximum atomic E-state index is 12.7. The summed E-state index contributed by atoms with van der Waals surface area (Å²) >= 11 is 1.52. The van der Waals surface area contributed by atoms with Crippen LogP contribution in [0.3, 0.4) is 0 Å². The lowest BCUT2D eigenvalue weighted by molar-refractivity contribution is -0.142. The molecule has 2 N–H and O–H groups in total. The number of rotatable bonds is 7. The average molecular weight is 364 g/mol. The molecule has 1 amide bonds. The quantitative estimate of drug-likeness (QED) is 0.762. The number of thiophene rings is 1. The fourth-order valence-electron chi connectivity index (χ4n) is 3.06. The number of aliphatic carboxylic acids is 1. The number of nitrogens with zero attached hydrogens (tertiary/aromatic N) is 3. The van der Waals surface area contributed by atoms with Crippen LogP contribution in [-0.2, 0) is 14.3 Å². The molecule has 2 aromatic heterocycles. The van der Waals surface area contributed by atoms with Crippen LogP contribution in [-0.4, -0.2) is 59.3 Å². The Hall–Kier alpha value is -2.26. The second-order valence-electron chi connectivity index (χ2n) is 5.87. The van der Waals surface area contributed by atoms with Gasteiger partial charge < -0.3 is 20.1 Å². The number of amides is 1. The molecule has 0 aliphatic carbocycles. The average Bonchev–Trinajstić information content (AvgIpc) is 3.26. The van der Waals surface area contributed by atoms with Gasteiger partial charge in [0.25, 0.3) is 0 Å². The van der Waals surface area contributed by atoms with Crippen molar-refractivity contribution in [1.82, 2.24) is 15.3 Å². The normalized spacial score (nSPS) is 18.4. The van der Waals surface area contributed by atoms with Gasteiger partial charge in [-0.3, -0.25) is 4.79 Å². The summed E-state index contributed by atoms with van der Waals surface area (Å²) in [4.78, 5) is 35.4. The van der Waals surface area contributed by atoms with Gasteiger partial charge in [-0.05, 0) is 24.3 Å². The summed E-state index contributed by atoms with van der Waals surface area (Å²) < 4.78 is 4.92. The van der Waals surface area contributed by atoms with Crippen LogP contribution in [0.15, 0.2) is 17.8 Å². The number of anilines is 1. The fourth-order valence-corrected chi connectivity index (χ4v) is 3.79. The maximum Gasteiger partial charge on any atom is 0.326 e. The van der Waals surface area contributed by atoms with Gasteiger partial charge in [0.2, 0.25) is 5.91 Å². The largest absolute Gasteiger partial charge is 0.480 e. The zero-order valence-electron chi connectivity index (χ0n) is 13.8. The molecule has 2 atom stereocenters. The van der Waals surface area contributed by atoms with Gasteiger partial charge in [0.1, 0.15) is 29.1 Å². The standard InChI is InChI=1S/C16H20N4O4S/c1-24-7-4-11(16(22)23)19-14(21)12-3-2-6-20(12)13-10-5-8-25-15(10)18-9-17-13/h5,8-9,11-12H,2-4,6-7H2,1H3,(H,19,21)(H,22,23). The molecule has 2 aromatic rings. The Balaban J connectivity index is 1.78. The SMILES string of the molecule is COCCC(NC(=O)C1CCCN1c1ncnc2sccc12)C(=O)O. The number of carbonyl (C=O) groups excluding carboxylic acids is 1. The van der Waals surface area contributed by atoms with Gasteiger partial charge in [-0.15, -0.1) is 11.3 Å². The molecule has 0 spiro atoms. The van der Waals surface area contributed by atoms with Crippen LogP contribution in [0.2, 0.25) is 0 Å². The molecule has 134 valence electrons. The highest BCUT2D eigenvalue weighted by Crippen LogP contribution is 2.31. The number of fused-ring (bicyclic) bond motifs is 1. The first-order chi connectivity index (χ1) is 12.1. The highest BCUT2D eigenvalue weighted by atomic mass is 32.1. The van der Waals surface area contributed by atoms with Crippen molar-refractivity contribution in [3.8, 4) is 0 Å². The first-order valence-electron chi connectivity index (χ1n) is 8.08. The van der Waals surface area contributed by atoms with Crippen molar-refractivity contribution in [2.45, 2.75) is 31.3 Å². The van der Waals surface area contributed by atoms with Crippen molar-refractivity contribution in [2.75, 3.05) is 25.2 Å². The van der Waals surface area contributed by atoms with Crippen molar-refractivity contribution in [3.05, 3.63) is 17.8 Å². The van der Waals surface area contributed by atoms with Crippen molar-refractivity contribution >= 4 is 39.2 Å². The molecule has 1 aliphatic rings. The highest BCUT2D eigenvalue weighted by Gasteiger charge is 2.34. The molecule has 25 heavy (non-hydrogen) atoms. The summed E-state index contributed by atoms with van der Waals surface area (Å²) in [5.74, 6) is -0.618. The van der Waals surface area contributed by atoms with E-state index in [0.717, 1.165) is 22.5 Å². The molecule has 3 heterocycles. The number of carboxylic acid groups (broad SMARTS) is 1. The van der Waals surface area contributed by atoms with E-state index in [1.807, 2.05) is 16.3 Å². The van der Waals surface area contributed by atoms with Crippen molar-refractivity contribution in [1.29, 1.82) is 0 Å². The Bertz CT molecular complexity index is 765. The number of carbonyl (C=O) groups is 2. The number of methoxy groups -OCH3 is 1. The lowest BCUT2D eigenvalue weighted by Crippen LogP contribution is -2.50. The minimum absolute atomic E-state index is 0.229. The third kappa shape index (κ3) is 3.72. The van der Waals surface area contributed by atoms with Crippen molar-refractivity contribution in [2.24, 2.45) is 0 Å². The van der Waals surface area contributed by atoms with Gasteiger partial charge in [0.15, 0.2) is 0 Å². The number of nitrogens with one attached hydrogen (secondary N) is 1. The molecule has 8 nitrogen and oxygen atoms in total. The predicted octanol–water partition coefficient (Wildman–Crippen LogP) is 1.27.